The molecule has 18 atom stereocenters. The van der Waals surface area contributed by atoms with E-state index in [2.05, 4.69) is 79.8 Å². The van der Waals surface area contributed by atoms with Crippen LogP contribution in [0.4, 0.5) is 0 Å². The molecule has 8 saturated carbocycles. The third-order valence-corrected chi connectivity index (χ3v) is 24.6. The summed E-state index contributed by atoms with van der Waals surface area (Å²) >= 11 is 0. The molecule has 0 saturated heterocycles. The SMILES string of the molecule is CC(C)CCC[C@@H](C)[C@H]1CC[C@H]2[C@@H]3CC[C@H]4C[C@@H](OC(=O)CCNCCCCN(CCC(=O)O[C@H]5CC[C@@]6(C)[C@@H](CC[C@@H]7[C@@H]6CC[C@]6(C)[C@@H]([C@H](C)CCCC(C)C)CC[C@@H]76)C5)/[N+]([O-])=N/[O-])CC[C@]4(C)[C@H]3CC[C@]12C. The number of esters is 2. The van der Waals surface area contributed by atoms with Gasteiger partial charge in [0, 0.05) is 11.5 Å². The maximum atomic E-state index is 13.3. The molecular weight excluding hydrogens is 921 g/mol. The van der Waals surface area contributed by atoms with E-state index in [9.17, 15) is 20.0 Å². The number of nitrogens with zero attached hydrogens (tertiary/aromatic N) is 3. The molecule has 1 N–H and O–H groups in total. The van der Waals surface area contributed by atoms with E-state index in [1.165, 1.54) is 127 Å². The standard InChI is InChI=1S/C64H112N4O6/c1-43(2)15-13-17-45(5)53-23-25-55-51-21-19-47-41-49(27-33-61(47,7)57(51)29-35-63(53,55)9)73-59(69)31-38-65-37-11-12-39-67(68(72)66-71)40-32-60(70)74-50-28-34-62(8)48(42-50)20-22-52-56-26-24-54(46(6)18-14-16-44(3)4)64(56,10)36-30-58(52)62/h43-58,65,71H,11-42H2,1-10H3/p-1/b68-66-/t45-,46-,47+,48+,49+,50+,51+,52+,53-,54-,55+,56+,57+,58+,61+,62+,63-,64-/m1/s1. The first-order valence-electron chi connectivity index (χ1n) is 32.0. The summed E-state index contributed by atoms with van der Waals surface area (Å²) < 4.78 is 12.3. The van der Waals surface area contributed by atoms with Crippen molar-refractivity contribution >= 4 is 11.9 Å². The Hall–Kier alpha value is -2.10. The van der Waals surface area contributed by atoms with Crippen LogP contribution in [0.1, 0.15) is 249 Å². The molecule has 0 aromatic carbocycles. The summed E-state index contributed by atoms with van der Waals surface area (Å²) in [7, 11) is 0. The smallest absolute Gasteiger partial charge is 0.308 e. The van der Waals surface area contributed by atoms with Crippen LogP contribution < -0.4 is 5.32 Å². The van der Waals surface area contributed by atoms with Crippen molar-refractivity contribution < 1.29 is 24.0 Å². The molecule has 0 radical (unpaired) electrons. The van der Waals surface area contributed by atoms with Gasteiger partial charge in [-0.25, -0.2) is 0 Å². The molecule has 0 amide bonds. The summed E-state index contributed by atoms with van der Waals surface area (Å²) in [5.74, 6) is 11.0. The van der Waals surface area contributed by atoms with Gasteiger partial charge in [-0.05, 0) is 245 Å². The van der Waals surface area contributed by atoms with Crippen molar-refractivity contribution in [2.75, 3.05) is 26.2 Å². The highest BCUT2D eigenvalue weighted by Crippen LogP contribution is 2.70. The number of hydrogen-bond donors (Lipinski definition) is 1. The molecule has 0 aliphatic heterocycles. The molecule has 0 unspecified atom stereocenters. The van der Waals surface area contributed by atoms with Gasteiger partial charge in [0.15, 0.2) is 0 Å². The number of fused-ring (bicyclic) bond motifs is 10. The van der Waals surface area contributed by atoms with Crippen LogP contribution in [0.5, 0.6) is 0 Å². The largest absolute Gasteiger partial charge is 0.737 e. The molecule has 424 valence electrons. The van der Waals surface area contributed by atoms with Gasteiger partial charge in [0.1, 0.15) is 12.2 Å². The van der Waals surface area contributed by atoms with Crippen molar-refractivity contribution in [1.82, 2.24) is 10.3 Å². The minimum absolute atomic E-state index is 0.0357. The number of hydrogen-bond acceptors (Lipinski definition) is 8. The van der Waals surface area contributed by atoms with E-state index in [-0.39, 0.29) is 42.1 Å². The third-order valence-electron chi connectivity index (χ3n) is 24.6. The number of unbranched alkanes of at least 4 members (excludes halogenated alkanes) is 1. The lowest BCUT2D eigenvalue weighted by Gasteiger charge is -2.61. The van der Waals surface area contributed by atoms with Crippen LogP contribution in [0.25, 0.3) is 0 Å². The topological polar surface area (TPSA) is 129 Å². The van der Waals surface area contributed by atoms with Crippen LogP contribution in [-0.2, 0) is 19.1 Å². The van der Waals surface area contributed by atoms with Crippen molar-refractivity contribution in [2.24, 2.45) is 110 Å². The van der Waals surface area contributed by atoms with Crippen LogP contribution in [0.2, 0.25) is 0 Å². The fourth-order valence-corrected chi connectivity index (χ4v) is 20.6. The van der Waals surface area contributed by atoms with E-state index in [1.807, 2.05) is 0 Å². The van der Waals surface area contributed by atoms with Crippen molar-refractivity contribution in [2.45, 2.75) is 261 Å². The molecular formula is C64H111N4O6-. The normalized spacial score (nSPS) is 40.5. The number of carbonyl (C=O) groups is 2. The van der Waals surface area contributed by atoms with Gasteiger partial charge in [-0.3, -0.25) is 9.59 Å². The summed E-state index contributed by atoms with van der Waals surface area (Å²) in [5, 5.41) is 31.1. The number of carbonyl (C=O) groups excluding carboxylic acids is 2. The fraction of sp³-hybridized carbons (Fsp3) is 0.969. The van der Waals surface area contributed by atoms with Crippen molar-refractivity contribution in [3.05, 3.63) is 10.4 Å². The van der Waals surface area contributed by atoms with Gasteiger partial charge in [-0.1, -0.05) is 108 Å². The molecule has 0 heterocycles. The number of rotatable bonds is 24. The first kappa shape index (κ1) is 58.1. The average Bonchev–Trinajstić information content (AvgIpc) is 3.91. The van der Waals surface area contributed by atoms with Crippen LogP contribution in [-0.4, -0.2) is 60.3 Å². The Kier molecular flexibility index (Phi) is 19.6. The Morgan fingerprint density at radius 1 is 0.554 bits per heavy atom. The van der Waals surface area contributed by atoms with E-state index in [0.717, 1.165) is 110 Å². The highest BCUT2D eigenvalue weighted by Gasteiger charge is 2.62. The van der Waals surface area contributed by atoms with Gasteiger partial charge < -0.3 is 25.2 Å². The highest BCUT2D eigenvalue weighted by molar-refractivity contribution is 5.70. The first-order chi connectivity index (χ1) is 35.3. The van der Waals surface area contributed by atoms with E-state index >= 15 is 0 Å². The summed E-state index contributed by atoms with van der Waals surface area (Å²) in [6, 6.07) is 0. The average molecular weight is 1030 g/mol. The maximum absolute atomic E-state index is 13.3. The van der Waals surface area contributed by atoms with Crippen molar-refractivity contribution in [3.63, 3.8) is 0 Å². The predicted molar refractivity (Wildman–Crippen MR) is 298 cm³/mol. The molecule has 0 bridgehead atoms. The number of ether oxygens (including phenoxy) is 2. The van der Waals surface area contributed by atoms with Gasteiger partial charge in [-0.15, -0.1) is 5.01 Å². The lowest BCUT2D eigenvalue weighted by Crippen LogP contribution is -2.54. The molecule has 0 aromatic heterocycles. The lowest BCUT2D eigenvalue weighted by atomic mass is 9.44. The van der Waals surface area contributed by atoms with Crippen molar-refractivity contribution in [1.29, 1.82) is 0 Å². The zero-order valence-electron chi connectivity index (χ0n) is 49.2. The number of nitrogens with one attached hydrogen (secondary N) is 1. The molecule has 74 heavy (non-hydrogen) atoms. The van der Waals surface area contributed by atoms with Crippen LogP contribution in [0, 0.1) is 115 Å². The van der Waals surface area contributed by atoms with E-state index < -0.39 is 0 Å². The van der Waals surface area contributed by atoms with Gasteiger partial charge in [0.05, 0.1) is 25.9 Å². The Balaban J connectivity index is 0.693. The van der Waals surface area contributed by atoms with E-state index in [0.29, 0.717) is 66.0 Å². The van der Waals surface area contributed by atoms with Crippen LogP contribution in [0.15, 0.2) is 5.28 Å². The summed E-state index contributed by atoms with van der Waals surface area (Å²) in [6.45, 7) is 26.8. The summed E-state index contributed by atoms with van der Waals surface area (Å²) in [4.78, 5) is 26.5. The van der Waals surface area contributed by atoms with Gasteiger partial charge in [-0.2, -0.15) is 0 Å². The minimum Gasteiger partial charge on any atom is -0.737 e. The molecule has 0 aromatic rings. The van der Waals surface area contributed by atoms with E-state index in [4.69, 9.17) is 9.47 Å². The molecule has 0 spiro atoms. The van der Waals surface area contributed by atoms with Gasteiger partial charge >= 0.3 is 11.9 Å². The maximum Gasteiger partial charge on any atom is 0.308 e. The predicted octanol–water partition coefficient (Wildman–Crippen LogP) is 15.9. The molecule has 10 nitrogen and oxygen atoms in total. The summed E-state index contributed by atoms with van der Waals surface area (Å²) in [5.41, 5.74) is 1.72. The zero-order valence-corrected chi connectivity index (χ0v) is 49.2. The molecule has 8 aliphatic rings. The Morgan fingerprint density at radius 3 is 1.49 bits per heavy atom. The second-order valence-corrected chi connectivity index (χ2v) is 29.4. The Morgan fingerprint density at radius 2 is 1.01 bits per heavy atom. The first-order valence-corrected chi connectivity index (χ1v) is 32.0. The summed E-state index contributed by atoms with van der Waals surface area (Å²) in [6.07, 6.45) is 32.7. The van der Waals surface area contributed by atoms with Crippen molar-refractivity contribution in [3.8, 4) is 0 Å². The highest BCUT2D eigenvalue weighted by atomic mass is 16.6. The lowest BCUT2D eigenvalue weighted by molar-refractivity contribution is -0.690. The Labute approximate surface area is 452 Å². The minimum atomic E-state index is -0.292. The second kappa shape index (κ2) is 24.9. The third kappa shape index (κ3) is 12.5. The van der Waals surface area contributed by atoms with Gasteiger partial charge in [0.25, 0.3) is 0 Å². The molecule has 10 heteroatoms. The molecule has 8 aliphatic carbocycles. The molecule has 8 fully saturated rings. The number of hydrazine groups is 1. The Bertz CT molecular complexity index is 1860. The van der Waals surface area contributed by atoms with Gasteiger partial charge in [0.2, 0.25) is 0 Å². The quantitative estimate of drug-likeness (QED) is 0.0333. The van der Waals surface area contributed by atoms with Crippen LogP contribution in [0.3, 0.4) is 0 Å². The molecule has 8 rings (SSSR count). The zero-order chi connectivity index (χ0) is 53.0. The second-order valence-electron chi connectivity index (χ2n) is 29.4. The van der Waals surface area contributed by atoms with Crippen LogP contribution >= 0.6 is 0 Å². The fourth-order valence-electron chi connectivity index (χ4n) is 20.6. The van der Waals surface area contributed by atoms with E-state index in [1.54, 1.807) is 0 Å². The monoisotopic (exact) mass is 1030 g/mol.